The predicted molar refractivity (Wildman–Crippen MR) is 73.9 cm³/mol. The highest BCUT2D eigenvalue weighted by atomic mass is 79.9. The molecule has 0 aliphatic carbocycles. The van der Waals surface area contributed by atoms with Gasteiger partial charge in [-0.2, -0.15) is 0 Å². The molecule has 0 saturated heterocycles. The van der Waals surface area contributed by atoms with Gasteiger partial charge in [-0.25, -0.2) is 0 Å². The van der Waals surface area contributed by atoms with Gasteiger partial charge in [0, 0.05) is 10.0 Å². The Bertz CT molecular complexity index is 488. The molecule has 0 amide bonds. The first-order valence-electron chi connectivity index (χ1n) is 5.77. The van der Waals surface area contributed by atoms with E-state index in [0.29, 0.717) is 0 Å². The fourth-order valence-corrected chi connectivity index (χ4v) is 2.28. The van der Waals surface area contributed by atoms with Crippen LogP contribution in [-0.4, -0.2) is 7.05 Å². The quantitative estimate of drug-likeness (QED) is 0.905. The largest absolute Gasteiger partial charge is 0.459 e. The first kappa shape index (κ1) is 12.4. The summed E-state index contributed by atoms with van der Waals surface area (Å²) >= 11 is 3.47. The Morgan fingerprint density at radius 2 is 2.12 bits per heavy atom. The predicted octanol–water partition coefficient (Wildman–Crippen LogP) is 4.38. The zero-order valence-electron chi connectivity index (χ0n) is 10.0. The maximum absolute atomic E-state index is 5.89. The highest BCUT2D eigenvalue weighted by molar-refractivity contribution is 9.10. The van der Waals surface area contributed by atoms with E-state index >= 15 is 0 Å². The fraction of sp³-hybridized carbons (Fsp3) is 0.286. The van der Waals surface area contributed by atoms with Crippen molar-refractivity contribution in [3.8, 4) is 11.3 Å². The van der Waals surface area contributed by atoms with E-state index in [9.17, 15) is 0 Å². The lowest BCUT2D eigenvalue weighted by Crippen LogP contribution is -2.14. The lowest BCUT2D eigenvalue weighted by molar-refractivity contribution is 0.431. The van der Waals surface area contributed by atoms with E-state index in [4.69, 9.17) is 4.42 Å². The van der Waals surface area contributed by atoms with Crippen molar-refractivity contribution in [2.45, 2.75) is 19.4 Å². The Morgan fingerprint density at radius 1 is 1.29 bits per heavy atom. The van der Waals surface area contributed by atoms with Crippen LogP contribution in [0.15, 0.2) is 45.3 Å². The van der Waals surface area contributed by atoms with Gasteiger partial charge in [0.25, 0.3) is 0 Å². The van der Waals surface area contributed by atoms with Gasteiger partial charge in [0.15, 0.2) is 0 Å². The molecule has 0 saturated carbocycles. The average molecular weight is 294 g/mol. The van der Waals surface area contributed by atoms with Gasteiger partial charge >= 0.3 is 0 Å². The average Bonchev–Trinajstić information content (AvgIpc) is 2.80. The van der Waals surface area contributed by atoms with Gasteiger partial charge in [-0.1, -0.05) is 35.0 Å². The maximum Gasteiger partial charge on any atom is 0.134 e. The molecule has 1 N–H and O–H groups in total. The Balaban J connectivity index is 2.29. The topological polar surface area (TPSA) is 25.2 Å². The van der Waals surface area contributed by atoms with Gasteiger partial charge in [-0.05, 0) is 37.7 Å². The van der Waals surface area contributed by atoms with Crippen LogP contribution in [0, 0.1) is 0 Å². The molecule has 1 aromatic carbocycles. The van der Waals surface area contributed by atoms with Crippen molar-refractivity contribution in [1.82, 2.24) is 5.32 Å². The molecule has 3 heteroatoms. The van der Waals surface area contributed by atoms with Crippen molar-refractivity contribution >= 4 is 15.9 Å². The molecule has 1 heterocycles. The van der Waals surface area contributed by atoms with Crippen LogP contribution in [0.5, 0.6) is 0 Å². The number of hydrogen-bond acceptors (Lipinski definition) is 2. The molecule has 0 aliphatic heterocycles. The van der Waals surface area contributed by atoms with Gasteiger partial charge in [0.05, 0.1) is 6.04 Å². The van der Waals surface area contributed by atoms with Crippen molar-refractivity contribution < 1.29 is 4.42 Å². The lowest BCUT2D eigenvalue weighted by Gasteiger charge is -2.09. The van der Waals surface area contributed by atoms with Gasteiger partial charge < -0.3 is 9.73 Å². The van der Waals surface area contributed by atoms with Crippen LogP contribution in [0.2, 0.25) is 0 Å². The SMILES string of the molecule is CCC(NC)c1ccc(-c2cccc(Br)c2)o1. The zero-order valence-corrected chi connectivity index (χ0v) is 11.6. The minimum Gasteiger partial charge on any atom is -0.459 e. The van der Waals surface area contributed by atoms with Crippen molar-refractivity contribution in [2.24, 2.45) is 0 Å². The summed E-state index contributed by atoms with van der Waals surface area (Å²) < 4.78 is 6.95. The minimum atomic E-state index is 0.288. The molecule has 1 aromatic heterocycles. The fourth-order valence-electron chi connectivity index (χ4n) is 1.88. The van der Waals surface area contributed by atoms with Crippen LogP contribution in [0.3, 0.4) is 0 Å². The summed E-state index contributed by atoms with van der Waals surface area (Å²) in [6.07, 6.45) is 1.02. The second-order valence-corrected chi connectivity index (χ2v) is 4.88. The summed E-state index contributed by atoms with van der Waals surface area (Å²) in [6, 6.07) is 12.5. The van der Waals surface area contributed by atoms with Crippen molar-refractivity contribution in [3.63, 3.8) is 0 Å². The zero-order chi connectivity index (χ0) is 12.3. The van der Waals surface area contributed by atoms with E-state index in [0.717, 1.165) is 28.0 Å². The summed E-state index contributed by atoms with van der Waals surface area (Å²) in [5, 5.41) is 3.24. The van der Waals surface area contributed by atoms with Crippen LogP contribution in [0.25, 0.3) is 11.3 Å². The second-order valence-electron chi connectivity index (χ2n) is 3.96. The van der Waals surface area contributed by atoms with Crippen LogP contribution in [0.4, 0.5) is 0 Å². The second kappa shape index (κ2) is 5.52. The Morgan fingerprint density at radius 3 is 2.76 bits per heavy atom. The molecule has 1 atom stereocenters. The minimum absolute atomic E-state index is 0.288. The van der Waals surface area contributed by atoms with Gasteiger partial charge in [-0.3, -0.25) is 0 Å². The van der Waals surface area contributed by atoms with Crippen LogP contribution in [0.1, 0.15) is 25.1 Å². The van der Waals surface area contributed by atoms with E-state index in [2.05, 4.69) is 34.2 Å². The number of rotatable bonds is 4. The molecule has 0 bridgehead atoms. The highest BCUT2D eigenvalue weighted by Gasteiger charge is 2.12. The molecule has 1 unspecified atom stereocenters. The molecule has 17 heavy (non-hydrogen) atoms. The summed E-state index contributed by atoms with van der Waals surface area (Å²) in [4.78, 5) is 0. The Hall–Kier alpha value is -1.06. The van der Waals surface area contributed by atoms with E-state index in [1.54, 1.807) is 0 Å². The molecule has 2 rings (SSSR count). The third kappa shape index (κ3) is 2.79. The molecule has 0 radical (unpaired) electrons. The van der Waals surface area contributed by atoms with E-state index < -0.39 is 0 Å². The lowest BCUT2D eigenvalue weighted by atomic mass is 10.1. The first-order valence-corrected chi connectivity index (χ1v) is 6.56. The van der Waals surface area contributed by atoms with Crippen LogP contribution >= 0.6 is 15.9 Å². The molecule has 0 aliphatic rings. The number of furan rings is 1. The smallest absolute Gasteiger partial charge is 0.134 e. The Labute approximate surface area is 110 Å². The summed E-state index contributed by atoms with van der Waals surface area (Å²) in [5.74, 6) is 1.90. The van der Waals surface area contributed by atoms with E-state index in [1.165, 1.54) is 0 Å². The first-order chi connectivity index (χ1) is 8.24. The highest BCUT2D eigenvalue weighted by Crippen LogP contribution is 2.28. The summed E-state index contributed by atoms with van der Waals surface area (Å²) in [6.45, 7) is 2.14. The summed E-state index contributed by atoms with van der Waals surface area (Å²) in [7, 11) is 1.95. The third-order valence-corrected chi connectivity index (χ3v) is 3.33. The standard InChI is InChI=1S/C14H16BrNO/c1-3-12(16-2)14-8-7-13(17-14)10-5-4-6-11(15)9-10/h4-9,12,16H,3H2,1-2H3. The van der Waals surface area contributed by atoms with Gasteiger partial charge in [-0.15, -0.1) is 0 Å². The molecule has 0 fully saturated rings. The molecule has 2 nitrogen and oxygen atoms in total. The van der Waals surface area contributed by atoms with Crippen LogP contribution < -0.4 is 5.32 Å². The third-order valence-electron chi connectivity index (χ3n) is 2.84. The summed E-state index contributed by atoms with van der Waals surface area (Å²) in [5.41, 5.74) is 1.09. The van der Waals surface area contributed by atoms with Crippen molar-refractivity contribution in [2.75, 3.05) is 7.05 Å². The number of nitrogens with one attached hydrogen (secondary N) is 1. The number of halogens is 1. The van der Waals surface area contributed by atoms with E-state index in [1.807, 2.05) is 37.4 Å². The molecule has 2 aromatic rings. The normalized spacial score (nSPS) is 12.6. The maximum atomic E-state index is 5.89. The van der Waals surface area contributed by atoms with Gasteiger partial charge in [0.1, 0.15) is 11.5 Å². The number of benzene rings is 1. The molecular weight excluding hydrogens is 278 g/mol. The van der Waals surface area contributed by atoms with Gasteiger partial charge in [0.2, 0.25) is 0 Å². The van der Waals surface area contributed by atoms with Crippen LogP contribution in [-0.2, 0) is 0 Å². The molecule has 0 spiro atoms. The van der Waals surface area contributed by atoms with E-state index in [-0.39, 0.29) is 6.04 Å². The number of hydrogen-bond donors (Lipinski definition) is 1. The molecular formula is C14H16BrNO. The van der Waals surface area contributed by atoms with Crippen molar-refractivity contribution in [3.05, 3.63) is 46.6 Å². The van der Waals surface area contributed by atoms with Crippen molar-refractivity contribution in [1.29, 1.82) is 0 Å². The monoisotopic (exact) mass is 293 g/mol. The Kier molecular flexibility index (Phi) is 4.02. The molecule has 90 valence electrons.